The summed E-state index contributed by atoms with van der Waals surface area (Å²) in [6, 6.07) is 0.00760. The number of nitrogens with zero attached hydrogens (tertiary/aromatic N) is 1. The second-order valence-electron chi connectivity index (χ2n) is 9.02. The summed E-state index contributed by atoms with van der Waals surface area (Å²) in [6.07, 6.45) is 3.48. The SMILES string of the molecule is CC1(C)CC2CC(C)(CN2C(=O)[C@@H](N)C(C)(C)C)C1.Cl. The molecule has 1 heterocycles. The van der Waals surface area contributed by atoms with Gasteiger partial charge in [-0.15, -0.1) is 12.4 Å². The highest BCUT2D eigenvalue weighted by Crippen LogP contribution is 2.52. The van der Waals surface area contributed by atoms with Crippen molar-refractivity contribution in [2.75, 3.05) is 6.54 Å². The van der Waals surface area contributed by atoms with Crippen LogP contribution in [0, 0.1) is 16.2 Å². The first kappa shape index (κ1) is 17.8. The molecule has 0 aromatic heterocycles. The molecule has 1 amide bonds. The maximum absolute atomic E-state index is 12.7. The molecule has 2 rings (SSSR count). The quantitative estimate of drug-likeness (QED) is 0.808. The molecule has 0 spiro atoms. The molecule has 3 nitrogen and oxygen atoms in total. The number of amides is 1. The Morgan fingerprint density at radius 1 is 1.25 bits per heavy atom. The predicted octanol–water partition coefficient (Wildman–Crippen LogP) is 3.21. The number of likely N-dealkylation sites (tertiary alicyclic amines) is 1. The van der Waals surface area contributed by atoms with Crippen LogP contribution in [-0.4, -0.2) is 29.4 Å². The van der Waals surface area contributed by atoms with Crippen molar-refractivity contribution in [2.45, 2.75) is 72.9 Å². The summed E-state index contributed by atoms with van der Waals surface area (Å²) < 4.78 is 0. The first-order chi connectivity index (χ1) is 8.44. The van der Waals surface area contributed by atoms with E-state index in [0.29, 0.717) is 16.9 Å². The molecule has 3 atom stereocenters. The molecule has 2 N–H and O–H groups in total. The predicted molar refractivity (Wildman–Crippen MR) is 85.9 cm³/mol. The number of fused-ring (bicyclic) bond motifs is 2. The van der Waals surface area contributed by atoms with Crippen molar-refractivity contribution in [3.8, 4) is 0 Å². The van der Waals surface area contributed by atoms with E-state index in [1.54, 1.807) is 0 Å². The number of hydrogen-bond donors (Lipinski definition) is 1. The van der Waals surface area contributed by atoms with Crippen molar-refractivity contribution in [3.05, 3.63) is 0 Å². The smallest absolute Gasteiger partial charge is 0.240 e. The van der Waals surface area contributed by atoms with E-state index in [0.717, 1.165) is 19.4 Å². The summed E-state index contributed by atoms with van der Waals surface area (Å²) in [6.45, 7) is 14.0. The third kappa shape index (κ3) is 3.30. The number of rotatable bonds is 1. The molecule has 2 fully saturated rings. The third-order valence-corrected chi connectivity index (χ3v) is 4.90. The molecule has 4 heteroatoms. The van der Waals surface area contributed by atoms with E-state index in [9.17, 15) is 4.79 Å². The summed E-state index contributed by atoms with van der Waals surface area (Å²) in [4.78, 5) is 14.8. The summed E-state index contributed by atoms with van der Waals surface area (Å²) in [7, 11) is 0. The normalized spacial score (nSPS) is 33.5. The molecular weight excluding hydrogens is 272 g/mol. The molecule has 0 aromatic carbocycles. The van der Waals surface area contributed by atoms with E-state index in [1.807, 2.05) is 20.8 Å². The average Bonchev–Trinajstić information content (AvgIpc) is 2.44. The Labute approximate surface area is 130 Å². The second-order valence-corrected chi connectivity index (χ2v) is 9.02. The standard InChI is InChI=1S/C16H30N2O.ClH/c1-14(2,3)12(17)13(19)18-10-16(6)8-11(18)7-15(4,5)9-16;/h11-12H,7-10,17H2,1-6H3;1H/t11?,12-,16?;/m1./s1. The Hall–Kier alpha value is -0.280. The molecule has 2 unspecified atom stereocenters. The number of carbonyl (C=O) groups is 1. The highest BCUT2D eigenvalue weighted by molar-refractivity contribution is 5.85. The molecule has 1 aliphatic carbocycles. The lowest BCUT2D eigenvalue weighted by atomic mass is 9.65. The van der Waals surface area contributed by atoms with E-state index < -0.39 is 6.04 Å². The lowest BCUT2D eigenvalue weighted by Gasteiger charge is -2.39. The minimum Gasteiger partial charge on any atom is -0.338 e. The van der Waals surface area contributed by atoms with Gasteiger partial charge in [-0.1, -0.05) is 41.5 Å². The molecule has 118 valence electrons. The van der Waals surface area contributed by atoms with Crippen molar-refractivity contribution >= 4 is 18.3 Å². The van der Waals surface area contributed by atoms with Crippen LogP contribution in [0.4, 0.5) is 0 Å². The van der Waals surface area contributed by atoms with Crippen molar-refractivity contribution < 1.29 is 4.79 Å². The van der Waals surface area contributed by atoms with E-state index in [1.165, 1.54) is 6.42 Å². The fourth-order valence-corrected chi connectivity index (χ4v) is 4.27. The Bertz CT molecular complexity index is 388. The zero-order chi connectivity index (χ0) is 14.6. The molecule has 20 heavy (non-hydrogen) atoms. The van der Waals surface area contributed by atoms with Gasteiger partial charge in [0.05, 0.1) is 6.04 Å². The van der Waals surface area contributed by atoms with Crippen molar-refractivity contribution in [3.63, 3.8) is 0 Å². The fraction of sp³-hybridized carbons (Fsp3) is 0.938. The van der Waals surface area contributed by atoms with Gasteiger partial charge in [0, 0.05) is 12.6 Å². The van der Waals surface area contributed by atoms with Crippen LogP contribution in [0.3, 0.4) is 0 Å². The molecule has 2 bridgehead atoms. The number of hydrogen-bond acceptors (Lipinski definition) is 2. The summed E-state index contributed by atoms with van der Waals surface area (Å²) in [5.74, 6) is 0.152. The van der Waals surface area contributed by atoms with Crippen molar-refractivity contribution in [1.29, 1.82) is 0 Å². The van der Waals surface area contributed by atoms with E-state index in [2.05, 4.69) is 25.7 Å². The molecule has 0 aromatic rings. The fourth-order valence-electron chi connectivity index (χ4n) is 4.27. The Balaban J connectivity index is 0.00000200. The largest absolute Gasteiger partial charge is 0.338 e. The lowest BCUT2D eigenvalue weighted by Crippen LogP contribution is -2.52. The van der Waals surface area contributed by atoms with Crippen molar-refractivity contribution in [2.24, 2.45) is 22.0 Å². The van der Waals surface area contributed by atoms with Gasteiger partial charge in [-0.25, -0.2) is 0 Å². The van der Waals surface area contributed by atoms with Gasteiger partial charge < -0.3 is 10.6 Å². The Kier molecular flexibility index (Phi) is 4.59. The molecular formula is C16H31ClN2O. The number of halogens is 1. The zero-order valence-corrected chi connectivity index (χ0v) is 14.6. The maximum atomic E-state index is 12.7. The van der Waals surface area contributed by atoms with Crippen LogP contribution in [0.5, 0.6) is 0 Å². The highest BCUT2D eigenvalue weighted by atomic mass is 35.5. The van der Waals surface area contributed by atoms with E-state index in [4.69, 9.17) is 5.73 Å². The summed E-state index contributed by atoms with van der Waals surface area (Å²) in [5, 5.41) is 0. The van der Waals surface area contributed by atoms with Crippen LogP contribution < -0.4 is 5.73 Å². The third-order valence-electron chi connectivity index (χ3n) is 4.90. The van der Waals surface area contributed by atoms with Crippen LogP contribution in [0.15, 0.2) is 0 Å². The van der Waals surface area contributed by atoms with E-state index >= 15 is 0 Å². The number of nitrogens with two attached hydrogens (primary N) is 1. The van der Waals surface area contributed by atoms with Gasteiger partial charge in [0.1, 0.15) is 0 Å². The molecule has 0 radical (unpaired) electrons. The van der Waals surface area contributed by atoms with Crippen LogP contribution in [-0.2, 0) is 4.79 Å². The minimum absolute atomic E-state index is 0. The lowest BCUT2D eigenvalue weighted by molar-refractivity contribution is -0.136. The number of carbonyl (C=O) groups excluding carboxylic acids is 1. The summed E-state index contributed by atoms with van der Waals surface area (Å²) in [5.41, 5.74) is 6.65. The van der Waals surface area contributed by atoms with Crippen molar-refractivity contribution in [1.82, 2.24) is 4.90 Å². The van der Waals surface area contributed by atoms with Gasteiger partial charge in [0.25, 0.3) is 0 Å². The summed E-state index contributed by atoms with van der Waals surface area (Å²) >= 11 is 0. The molecule has 1 aliphatic heterocycles. The monoisotopic (exact) mass is 302 g/mol. The second kappa shape index (κ2) is 5.17. The van der Waals surface area contributed by atoms with Gasteiger partial charge in [0.15, 0.2) is 0 Å². The van der Waals surface area contributed by atoms with Gasteiger partial charge in [0.2, 0.25) is 5.91 Å². The highest BCUT2D eigenvalue weighted by Gasteiger charge is 2.52. The zero-order valence-electron chi connectivity index (χ0n) is 13.8. The Morgan fingerprint density at radius 3 is 2.30 bits per heavy atom. The first-order valence-electron chi connectivity index (χ1n) is 7.50. The van der Waals surface area contributed by atoms with Crippen LogP contribution in [0.2, 0.25) is 0 Å². The maximum Gasteiger partial charge on any atom is 0.240 e. The van der Waals surface area contributed by atoms with Crippen LogP contribution in [0.25, 0.3) is 0 Å². The first-order valence-corrected chi connectivity index (χ1v) is 7.50. The van der Waals surface area contributed by atoms with Gasteiger partial charge in [-0.2, -0.15) is 0 Å². The molecule has 2 aliphatic rings. The molecule has 1 saturated heterocycles. The van der Waals surface area contributed by atoms with Gasteiger partial charge >= 0.3 is 0 Å². The topological polar surface area (TPSA) is 46.3 Å². The Morgan fingerprint density at radius 2 is 1.80 bits per heavy atom. The van der Waals surface area contributed by atoms with Crippen LogP contribution in [0.1, 0.15) is 60.8 Å². The molecule has 1 saturated carbocycles. The van der Waals surface area contributed by atoms with E-state index in [-0.39, 0.29) is 23.7 Å². The van der Waals surface area contributed by atoms with Gasteiger partial charge in [-0.3, -0.25) is 4.79 Å². The minimum atomic E-state index is -0.390. The van der Waals surface area contributed by atoms with Gasteiger partial charge in [-0.05, 0) is 35.5 Å². The average molecular weight is 303 g/mol. The van der Waals surface area contributed by atoms with Crippen LogP contribution >= 0.6 is 12.4 Å².